The Hall–Kier alpha value is -3.05. The average Bonchev–Trinajstić information content (AvgIpc) is 2.85. The molecule has 0 aromatic heterocycles. The van der Waals surface area contributed by atoms with E-state index in [4.69, 9.17) is 4.74 Å². The number of aliphatic hydroxyl groups is 1. The maximum absolute atomic E-state index is 14.9. The lowest BCUT2D eigenvalue weighted by atomic mass is 9.82. The molecule has 1 aliphatic carbocycles. The Labute approximate surface area is 198 Å². The van der Waals surface area contributed by atoms with Crippen LogP contribution >= 0.6 is 0 Å². The van der Waals surface area contributed by atoms with E-state index < -0.39 is 11.6 Å². The standard InChI is InChI=1S/C29H29F3O2/c1-2-3-4-17-34-27-16-15-25(28(31)29(27)32)21-7-5-19(6-8-21)22-11-14-24(26(30)18-22)20-9-12-23(33)13-10-20/h4-8,11,14-18,20,23,33H,2-3,9-10,12-13H2,1H3/b17-4-. The molecule has 0 heterocycles. The van der Waals surface area contributed by atoms with Gasteiger partial charge in [0.2, 0.25) is 5.82 Å². The van der Waals surface area contributed by atoms with Crippen LogP contribution in [0, 0.1) is 17.5 Å². The zero-order valence-electron chi connectivity index (χ0n) is 19.2. The van der Waals surface area contributed by atoms with Gasteiger partial charge in [0.1, 0.15) is 5.82 Å². The Morgan fingerprint density at radius 1 is 0.853 bits per heavy atom. The lowest BCUT2D eigenvalue weighted by Crippen LogP contribution is -2.17. The van der Waals surface area contributed by atoms with Gasteiger partial charge in [-0.25, -0.2) is 8.78 Å². The third kappa shape index (κ3) is 5.36. The maximum atomic E-state index is 14.9. The summed E-state index contributed by atoms with van der Waals surface area (Å²) in [6.07, 6.45) is 7.57. The van der Waals surface area contributed by atoms with E-state index in [0.717, 1.165) is 36.8 Å². The minimum atomic E-state index is -1.03. The number of aliphatic hydroxyl groups excluding tert-OH is 1. The Kier molecular flexibility index (Phi) is 7.73. The molecule has 1 N–H and O–H groups in total. The molecule has 0 amide bonds. The molecule has 0 atom stereocenters. The van der Waals surface area contributed by atoms with Crippen molar-refractivity contribution in [3.63, 3.8) is 0 Å². The van der Waals surface area contributed by atoms with Crippen molar-refractivity contribution in [3.8, 4) is 28.0 Å². The smallest absolute Gasteiger partial charge is 0.201 e. The van der Waals surface area contributed by atoms with E-state index in [1.165, 1.54) is 24.5 Å². The summed E-state index contributed by atoms with van der Waals surface area (Å²) in [6.45, 7) is 2.01. The van der Waals surface area contributed by atoms with E-state index in [-0.39, 0.29) is 29.2 Å². The minimum absolute atomic E-state index is 0.131. The fourth-order valence-electron chi connectivity index (χ4n) is 4.47. The number of benzene rings is 3. The van der Waals surface area contributed by atoms with Gasteiger partial charge in [-0.2, -0.15) is 4.39 Å². The third-order valence-corrected chi connectivity index (χ3v) is 6.46. The highest BCUT2D eigenvalue weighted by Gasteiger charge is 2.23. The summed E-state index contributed by atoms with van der Waals surface area (Å²) in [7, 11) is 0. The summed E-state index contributed by atoms with van der Waals surface area (Å²) < 4.78 is 49.2. The minimum Gasteiger partial charge on any atom is -0.462 e. The van der Waals surface area contributed by atoms with Crippen LogP contribution in [-0.2, 0) is 0 Å². The summed E-state index contributed by atoms with van der Waals surface area (Å²) in [5, 5.41) is 9.69. The summed E-state index contributed by atoms with van der Waals surface area (Å²) in [6, 6.07) is 15.1. The maximum Gasteiger partial charge on any atom is 0.201 e. The molecule has 1 aliphatic rings. The topological polar surface area (TPSA) is 29.5 Å². The fourth-order valence-corrected chi connectivity index (χ4v) is 4.47. The Morgan fingerprint density at radius 2 is 1.53 bits per heavy atom. The molecule has 3 aromatic carbocycles. The number of hydrogen-bond donors (Lipinski definition) is 1. The van der Waals surface area contributed by atoms with E-state index in [1.54, 1.807) is 30.3 Å². The highest BCUT2D eigenvalue weighted by molar-refractivity contribution is 5.71. The van der Waals surface area contributed by atoms with Gasteiger partial charge >= 0.3 is 0 Å². The van der Waals surface area contributed by atoms with Crippen molar-refractivity contribution in [2.45, 2.75) is 57.5 Å². The lowest BCUT2D eigenvalue weighted by molar-refractivity contribution is 0.122. The van der Waals surface area contributed by atoms with E-state index in [2.05, 4.69) is 0 Å². The van der Waals surface area contributed by atoms with E-state index in [9.17, 15) is 18.3 Å². The second-order valence-corrected chi connectivity index (χ2v) is 8.84. The molecule has 0 radical (unpaired) electrons. The van der Waals surface area contributed by atoms with Gasteiger partial charge in [0, 0.05) is 5.56 Å². The van der Waals surface area contributed by atoms with Crippen LogP contribution in [0.4, 0.5) is 13.2 Å². The molecular weight excluding hydrogens is 437 g/mol. The SMILES string of the molecule is CCC/C=C\Oc1ccc(-c2ccc(-c3ccc(C4CCC(O)CC4)c(F)c3)cc2)c(F)c1F. The van der Waals surface area contributed by atoms with Crippen molar-refractivity contribution in [2.75, 3.05) is 0 Å². The number of ether oxygens (including phenoxy) is 1. The molecule has 0 saturated heterocycles. The van der Waals surface area contributed by atoms with Crippen molar-refractivity contribution in [2.24, 2.45) is 0 Å². The second kappa shape index (κ2) is 10.9. The van der Waals surface area contributed by atoms with Crippen molar-refractivity contribution in [1.82, 2.24) is 0 Å². The zero-order chi connectivity index (χ0) is 24.1. The molecule has 0 bridgehead atoms. The molecule has 1 saturated carbocycles. The van der Waals surface area contributed by atoms with Crippen LogP contribution in [0.1, 0.15) is 56.9 Å². The van der Waals surface area contributed by atoms with Crippen molar-refractivity contribution >= 4 is 0 Å². The van der Waals surface area contributed by atoms with Gasteiger partial charge in [-0.15, -0.1) is 0 Å². The Morgan fingerprint density at radius 3 is 2.21 bits per heavy atom. The van der Waals surface area contributed by atoms with Gasteiger partial charge in [0.15, 0.2) is 11.6 Å². The summed E-state index contributed by atoms with van der Waals surface area (Å²) >= 11 is 0. The van der Waals surface area contributed by atoms with Crippen LogP contribution in [0.2, 0.25) is 0 Å². The number of unbranched alkanes of at least 4 members (excludes halogenated alkanes) is 1. The molecule has 178 valence electrons. The first-order valence-electron chi connectivity index (χ1n) is 11.9. The molecule has 1 fully saturated rings. The molecule has 34 heavy (non-hydrogen) atoms. The number of rotatable bonds is 7. The summed E-state index contributed by atoms with van der Waals surface area (Å²) in [5.41, 5.74) is 2.85. The third-order valence-electron chi connectivity index (χ3n) is 6.46. The summed E-state index contributed by atoms with van der Waals surface area (Å²) in [5.74, 6) is -2.28. The normalized spacial score (nSPS) is 18.4. The Bertz CT molecular complexity index is 1150. The largest absolute Gasteiger partial charge is 0.462 e. The predicted molar refractivity (Wildman–Crippen MR) is 129 cm³/mol. The highest BCUT2D eigenvalue weighted by atomic mass is 19.2. The first-order valence-corrected chi connectivity index (χ1v) is 11.9. The van der Waals surface area contributed by atoms with Gasteiger partial charge in [0.25, 0.3) is 0 Å². The van der Waals surface area contributed by atoms with Crippen LogP contribution in [0.5, 0.6) is 5.75 Å². The number of allylic oxidation sites excluding steroid dienone is 1. The molecule has 0 aliphatic heterocycles. The molecule has 5 heteroatoms. The quantitative estimate of drug-likeness (QED) is 0.356. The first kappa shape index (κ1) is 24.1. The lowest BCUT2D eigenvalue weighted by Gasteiger charge is -2.26. The molecule has 0 unspecified atom stereocenters. The number of halogens is 3. The molecule has 4 rings (SSSR count). The van der Waals surface area contributed by atoms with E-state index in [1.807, 2.05) is 19.1 Å². The fraction of sp³-hybridized carbons (Fsp3) is 0.310. The summed E-state index contributed by atoms with van der Waals surface area (Å²) in [4.78, 5) is 0. The second-order valence-electron chi connectivity index (χ2n) is 8.84. The van der Waals surface area contributed by atoms with Crippen LogP contribution in [-0.4, -0.2) is 11.2 Å². The highest BCUT2D eigenvalue weighted by Crippen LogP contribution is 2.36. The van der Waals surface area contributed by atoms with Gasteiger partial charge in [-0.05, 0) is 84.6 Å². The van der Waals surface area contributed by atoms with Crippen molar-refractivity contribution in [1.29, 1.82) is 0 Å². The van der Waals surface area contributed by atoms with Gasteiger partial charge in [-0.1, -0.05) is 49.7 Å². The molecular formula is C29H29F3O2. The molecule has 3 aromatic rings. The van der Waals surface area contributed by atoms with E-state index >= 15 is 0 Å². The van der Waals surface area contributed by atoms with Crippen molar-refractivity contribution in [3.05, 3.63) is 90.0 Å². The van der Waals surface area contributed by atoms with Crippen LogP contribution < -0.4 is 4.74 Å². The van der Waals surface area contributed by atoms with Crippen LogP contribution in [0.15, 0.2) is 66.9 Å². The van der Waals surface area contributed by atoms with Crippen LogP contribution in [0.25, 0.3) is 22.3 Å². The van der Waals surface area contributed by atoms with Gasteiger partial charge in [-0.3, -0.25) is 0 Å². The molecule has 2 nitrogen and oxygen atoms in total. The Balaban J connectivity index is 1.51. The molecule has 0 spiro atoms. The predicted octanol–water partition coefficient (Wildman–Crippen LogP) is 8.15. The van der Waals surface area contributed by atoms with Crippen molar-refractivity contribution < 1.29 is 23.0 Å². The van der Waals surface area contributed by atoms with Gasteiger partial charge in [0.05, 0.1) is 12.4 Å². The number of hydrogen-bond acceptors (Lipinski definition) is 2. The first-order chi connectivity index (χ1) is 16.5. The zero-order valence-corrected chi connectivity index (χ0v) is 19.2. The van der Waals surface area contributed by atoms with E-state index in [0.29, 0.717) is 24.0 Å². The van der Waals surface area contributed by atoms with Crippen LogP contribution in [0.3, 0.4) is 0 Å². The van der Waals surface area contributed by atoms with Gasteiger partial charge < -0.3 is 9.84 Å². The average molecular weight is 467 g/mol. The monoisotopic (exact) mass is 466 g/mol.